The van der Waals surface area contributed by atoms with Crippen molar-refractivity contribution in [2.24, 2.45) is 0 Å². The number of nitrogens with two attached hydrogens (primary N) is 1. The average Bonchev–Trinajstić information content (AvgIpc) is 3.15. The standard InChI is InChI=1S/C25H23FN4O2S/c1-30-12-11-18-16(13-30)20(14-7-9-15(32-2)10-8-14)21-22(27)23(33-25(21)29-18)24(31)28-19-6-4-3-5-17(19)26/h3-10H,11-13,27H2,1-2H3,(H,28,31). The van der Waals surface area contributed by atoms with Gasteiger partial charge < -0.3 is 20.7 Å². The molecule has 1 aliphatic heterocycles. The third-order valence-electron chi connectivity index (χ3n) is 5.93. The molecule has 8 heteroatoms. The average molecular weight is 463 g/mol. The fourth-order valence-electron chi connectivity index (χ4n) is 4.25. The van der Waals surface area contributed by atoms with Gasteiger partial charge in [0, 0.05) is 36.2 Å². The number of halogens is 1. The van der Waals surface area contributed by atoms with E-state index in [1.54, 1.807) is 19.2 Å². The fourth-order valence-corrected chi connectivity index (χ4v) is 5.27. The monoisotopic (exact) mass is 462 g/mol. The quantitative estimate of drug-likeness (QED) is 0.449. The molecule has 0 aliphatic carbocycles. The Bertz CT molecular complexity index is 1370. The molecular formula is C25H23FN4O2S. The van der Waals surface area contributed by atoms with Crippen molar-refractivity contribution in [3.63, 3.8) is 0 Å². The smallest absolute Gasteiger partial charge is 0.268 e. The van der Waals surface area contributed by atoms with Gasteiger partial charge in [0.1, 0.15) is 21.3 Å². The molecule has 3 heterocycles. The van der Waals surface area contributed by atoms with Crippen molar-refractivity contribution in [3.8, 4) is 16.9 Å². The summed E-state index contributed by atoms with van der Waals surface area (Å²) in [6.07, 6.45) is 0.819. The summed E-state index contributed by atoms with van der Waals surface area (Å²) in [5.74, 6) is -0.185. The van der Waals surface area contributed by atoms with Gasteiger partial charge in [-0.3, -0.25) is 4.79 Å². The highest BCUT2D eigenvalue weighted by atomic mass is 32.1. The van der Waals surface area contributed by atoms with Gasteiger partial charge in [0.15, 0.2) is 0 Å². The molecule has 1 aliphatic rings. The molecule has 5 rings (SSSR count). The molecule has 0 radical (unpaired) electrons. The number of anilines is 2. The van der Waals surface area contributed by atoms with Crippen molar-refractivity contribution in [1.29, 1.82) is 0 Å². The van der Waals surface area contributed by atoms with E-state index in [-0.39, 0.29) is 5.69 Å². The molecular weight excluding hydrogens is 439 g/mol. The Kier molecular flexibility index (Phi) is 5.47. The number of likely N-dealkylation sites (N-methyl/N-ethyl adjacent to an activating group) is 1. The van der Waals surface area contributed by atoms with Crippen LogP contribution in [0.3, 0.4) is 0 Å². The van der Waals surface area contributed by atoms with Gasteiger partial charge in [0.25, 0.3) is 5.91 Å². The number of amides is 1. The molecule has 4 aromatic rings. The van der Waals surface area contributed by atoms with Crippen molar-refractivity contribution < 1.29 is 13.9 Å². The molecule has 0 saturated heterocycles. The van der Waals surface area contributed by atoms with Crippen LogP contribution in [0.5, 0.6) is 5.75 Å². The maximum absolute atomic E-state index is 14.1. The van der Waals surface area contributed by atoms with Crippen LogP contribution >= 0.6 is 11.3 Å². The van der Waals surface area contributed by atoms with Crippen molar-refractivity contribution in [2.45, 2.75) is 13.0 Å². The number of carbonyl (C=O) groups excluding carboxylic acids is 1. The predicted octanol–water partition coefficient (Wildman–Crippen LogP) is 4.93. The molecule has 0 saturated carbocycles. The molecule has 3 N–H and O–H groups in total. The van der Waals surface area contributed by atoms with Gasteiger partial charge >= 0.3 is 0 Å². The van der Waals surface area contributed by atoms with E-state index in [9.17, 15) is 9.18 Å². The second kappa shape index (κ2) is 8.46. The number of fused-ring (bicyclic) bond motifs is 2. The Morgan fingerprint density at radius 3 is 2.70 bits per heavy atom. The molecule has 0 spiro atoms. The fraction of sp³-hybridized carbons (Fsp3) is 0.200. The topological polar surface area (TPSA) is 80.5 Å². The number of nitrogens with one attached hydrogen (secondary N) is 1. The number of methoxy groups -OCH3 is 1. The van der Waals surface area contributed by atoms with Gasteiger partial charge in [-0.05, 0) is 42.4 Å². The van der Waals surface area contributed by atoms with Gasteiger partial charge in [-0.2, -0.15) is 0 Å². The van der Waals surface area contributed by atoms with E-state index in [1.165, 1.54) is 23.5 Å². The zero-order valence-corrected chi connectivity index (χ0v) is 19.1. The van der Waals surface area contributed by atoms with Crippen molar-refractivity contribution in [3.05, 3.63) is 70.5 Å². The van der Waals surface area contributed by atoms with Crippen LogP contribution in [-0.4, -0.2) is 36.5 Å². The first kappa shape index (κ1) is 21.4. The lowest BCUT2D eigenvalue weighted by atomic mass is 9.92. The van der Waals surface area contributed by atoms with Crippen molar-refractivity contribution in [1.82, 2.24) is 9.88 Å². The molecule has 0 unspecified atom stereocenters. The number of para-hydroxylation sites is 1. The SMILES string of the molecule is COc1ccc(-c2c3c(nc4sc(C(=O)Nc5ccccc5F)c(N)c24)CCN(C)C3)cc1. The first-order valence-electron chi connectivity index (χ1n) is 10.6. The lowest BCUT2D eigenvalue weighted by Gasteiger charge is -2.27. The molecule has 168 valence electrons. The summed E-state index contributed by atoms with van der Waals surface area (Å²) in [7, 11) is 3.71. The summed E-state index contributed by atoms with van der Waals surface area (Å²) in [4.78, 5) is 21.2. The minimum atomic E-state index is -0.499. The second-order valence-electron chi connectivity index (χ2n) is 8.09. The van der Waals surface area contributed by atoms with E-state index in [0.717, 1.165) is 53.0 Å². The molecule has 0 atom stereocenters. The highest BCUT2D eigenvalue weighted by molar-refractivity contribution is 7.21. The highest BCUT2D eigenvalue weighted by Gasteiger charge is 2.27. The summed E-state index contributed by atoms with van der Waals surface area (Å²) in [5, 5.41) is 3.41. The number of benzene rings is 2. The predicted molar refractivity (Wildman–Crippen MR) is 130 cm³/mol. The van der Waals surface area contributed by atoms with Gasteiger partial charge in [-0.1, -0.05) is 24.3 Å². The van der Waals surface area contributed by atoms with E-state index < -0.39 is 11.7 Å². The minimum Gasteiger partial charge on any atom is -0.497 e. The van der Waals surface area contributed by atoms with Crippen LogP contribution in [0, 0.1) is 5.82 Å². The van der Waals surface area contributed by atoms with E-state index in [4.69, 9.17) is 15.5 Å². The number of hydrogen-bond donors (Lipinski definition) is 2. The van der Waals surface area contributed by atoms with Crippen LogP contribution in [-0.2, 0) is 13.0 Å². The summed E-state index contributed by atoms with van der Waals surface area (Å²) < 4.78 is 19.4. The maximum Gasteiger partial charge on any atom is 0.268 e. The molecule has 2 aromatic heterocycles. The zero-order valence-electron chi connectivity index (χ0n) is 18.3. The lowest BCUT2D eigenvalue weighted by molar-refractivity contribution is 0.103. The van der Waals surface area contributed by atoms with Crippen molar-refractivity contribution >= 4 is 38.8 Å². The number of ether oxygens (including phenoxy) is 1. The number of nitrogens with zero attached hydrogens (tertiary/aromatic N) is 2. The molecule has 0 bridgehead atoms. The minimum absolute atomic E-state index is 0.114. The summed E-state index contributed by atoms with van der Waals surface area (Å²) in [6.45, 7) is 1.65. The first-order chi connectivity index (χ1) is 16.0. The van der Waals surface area contributed by atoms with Crippen LogP contribution in [0.1, 0.15) is 20.9 Å². The van der Waals surface area contributed by atoms with Crippen LogP contribution in [0.4, 0.5) is 15.8 Å². The Morgan fingerprint density at radius 2 is 1.97 bits per heavy atom. The van der Waals surface area contributed by atoms with E-state index in [2.05, 4.69) is 17.3 Å². The van der Waals surface area contributed by atoms with Crippen LogP contribution in [0.25, 0.3) is 21.3 Å². The number of pyridine rings is 1. The molecule has 1 amide bonds. The normalized spacial score (nSPS) is 13.7. The Morgan fingerprint density at radius 1 is 1.21 bits per heavy atom. The Balaban J connectivity index is 1.68. The number of aromatic nitrogens is 1. The highest BCUT2D eigenvalue weighted by Crippen LogP contribution is 2.43. The number of carbonyl (C=O) groups is 1. The van der Waals surface area contributed by atoms with E-state index >= 15 is 0 Å². The number of hydrogen-bond acceptors (Lipinski definition) is 6. The number of nitrogen functional groups attached to an aromatic ring is 1. The maximum atomic E-state index is 14.1. The number of rotatable bonds is 4. The molecule has 2 aromatic carbocycles. The summed E-state index contributed by atoms with van der Waals surface area (Å²) >= 11 is 1.24. The largest absolute Gasteiger partial charge is 0.497 e. The van der Waals surface area contributed by atoms with Gasteiger partial charge in [0.2, 0.25) is 0 Å². The Hall–Kier alpha value is -3.49. The lowest BCUT2D eigenvalue weighted by Crippen LogP contribution is -2.27. The van der Waals surface area contributed by atoms with E-state index in [1.807, 2.05) is 24.3 Å². The van der Waals surface area contributed by atoms with Gasteiger partial charge in [-0.15, -0.1) is 11.3 Å². The second-order valence-corrected chi connectivity index (χ2v) is 9.09. The van der Waals surface area contributed by atoms with Gasteiger partial charge in [-0.25, -0.2) is 9.37 Å². The summed E-state index contributed by atoms with van der Waals surface area (Å²) in [5.41, 5.74) is 11.2. The third kappa shape index (κ3) is 3.81. The van der Waals surface area contributed by atoms with Crippen molar-refractivity contribution in [2.75, 3.05) is 31.8 Å². The Labute approximate surface area is 194 Å². The third-order valence-corrected chi connectivity index (χ3v) is 7.03. The van der Waals surface area contributed by atoms with Crippen LogP contribution < -0.4 is 15.8 Å². The van der Waals surface area contributed by atoms with Crippen LogP contribution in [0.15, 0.2) is 48.5 Å². The summed E-state index contributed by atoms with van der Waals surface area (Å²) in [6, 6.07) is 13.9. The number of thiophene rings is 1. The van der Waals surface area contributed by atoms with Gasteiger partial charge in [0.05, 0.1) is 18.5 Å². The zero-order chi connectivity index (χ0) is 23.1. The molecule has 6 nitrogen and oxygen atoms in total. The van der Waals surface area contributed by atoms with Crippen LogP contribution in [0.2, 0.25) is 0 Å². The van der Waals surface area contributed by atoms with E-state index in [0.29, 0.717) is 15.4 Å². The molecule has 33 heavy (non-hydrogen) atoms. The molecule has 0 fully saturated rings. The first-order valence-corrected chi connectivity index (χ1v) is 11.4.